The Bertz CT molecular complexity index is 324. The summed E-state index contributed by atoms with van der Waals surface area (Å²) in [7, 11) is 3.97. The fraction of sp³-hybridized carbons (Fsp3) is 0.846. The highest BCUT2D eigenvalue weighted by Crippen LogP contribution is 2.10. The van der Waals surface area contributed by atoms with E-state index in [4.69, 9.17) is 18.0 Å². The Morgan fingerprint density at radius 1 is 1.47 bits per heavy atom. The van der Waals surface area contributed by atoms with Crippen molar-refractivity contribution in [3.63, 3.8) is 0 Å². The predicted molar refractivity (Wildman–Crippen MR) is 82.2 cm³/mol. The number of piperazine rings is 1. The van der Waals surface area contributed by atoms with Crippen LogP contribution in [0.3, 0.4) is 0 Å². The van der Waals surface area contributed by atoms with Crippen molar-refractivity contribution >= 4 is 23.1 Å². The number of hydrogen-bond acceptors (Lipinski definition) is 4. The summed E-state index contributed by atoms with van der Waals surface area (Å²) >= 11 is 4.83. The van der Waals surface area contributed by atoms with Gasteiger partial charge in [0.2, 0.25) is 5.91 Å². The van der Waals surface area contributed by atoms with Crippen LogP contribution in [0.5, 0.6) is 0 Å². The van der Waals surface area contributed by atoms with Crippen LogP contribution in [-0.2, 0) is 4.79 Å². The minimum Gasteiger partial charge on any atom is -0.393 e. The average molecular weight is 286 g/mol. The Balaban J connectivity index is 2.37. The number of likely N-dealkylation sites (N-methyl/N-ethyl adjacent to an activating group) is 2. The molecule has 6 heteroatoms. The smallest absolute Gasteiger partial charge is 0.236 e. The largest absolute Gasteiger partial charge is 0.393 e. The molecule has 1 unspecified atom stereocenters. The Kier molecular flexibility index (Phi) is 6.68. The molecule has 1 atom stereocenters. The van der Waals surface area contributed by atoms with Crippen LogP contribution in [0.25, 0.3) is 0 Å². The fourth-order valence-corrected chi connectivity index (χ4v) is 2.40. The van der Waals surface area contributed by atoms with E-state index < -0.39 is 0 Å². The molecule has 1 saturated heterocycles. The van der Waals surface area contributed by atoms with E-state index in [0.717, 1.165) is 26.1 Å². The molecular weight excluding hydrogens is 260 g/mol. The summed E-state index contributed by atoms with van der Waals surface area (Å²) < 4.78 is 0. The molecule has 5 nitrogen and oxygen atoms in total. The second-order valence-corrected chi connectivity index (χ2v) is 5.83. The van der Waals surface area contributed by atoms with E-state index in [1.54, 1.807) is 4.90 Å². The molecule has 0 aromatic carbocycles. The summed E-state index contributed by atoms with van der Waals surface area (Å²) in [6.45, 7) is 6.27. The zero-order chi connectivity index (χ0) is 14.4. The van der Waals surface area contributed by atoms with Gasteiger partial charge in [-0.15, -0.1) is 0 Å². The first-order valence-electron chi connectivity index (χ1n) is 6.89. The minimum atomic E-state index is 0.149. The predicted octanol–water partition coefficient (Wildman–Crippen LogP) is 0.147. The van der Waals surface area contributed by atoms with E-state index >= 15 is 0 Å². The maximum absolute atomic E-state index is 12.1. The minimum absolute atomic E-state index is 0.149. The number of amides is 1. The average Bonchev–Trinajstić information content (AvgIpc) is 2.37. The Labute approximate surface area is 121 Å². The first-order chi connectivity index (χ1) is 8.93. The molecule has 1 aliphatic rings. The standard InChI is InChI=1S/C13H26N4OS/c1-4-11-9-17(8-7-15(11)2)10-13(18)16(3)6-5-12(14)19/h11H,4-10H2,1-3H3,(H2,14,19). The molecule has 0 aromatic heterocycles. The highest BCUT2D eigenvalue weighted by Gasteiger charge is 2.24. The van der Waals surface area contributed by atoms with Gasteiger partial charge in [0.15, 0.2) is 0 Å². The molecule has 110 valence electrons. The van der Waals surface area contributed by atoms with Crippen LogP contribution in [0.2, 0.25) is 0 Å². The molecule has 1 fully saturated rings. The van der Waals surface area contributed by atoms with Gasteiger partial charge in [-0.1, -0.05) is 19.1 Å². The van der Waals surface area contributed by atoms with Gasteiger partial charge in [-0.3, -0.25) is 9.69 Å². The van der Waals surface area contributed by atoms with E-state index in [-0.39, 0.29) is 5.91 Å². The number of nitrogens with two attached hydrogens (primary N) is 1. The van der Waals surface area contributed by atoms with E-state index in [0.29, 0.717) is 30.5 Å². The van der Waals surface area contributed by atoms with Crippen molar-refractivity contribution in [3.8, 4) is 0 Å². The molecule has 1 amide bonds. The van der Waals surface area contributed by atoms with Crippen LogP contribution in [0, 0.1) is 0 Å². The Hall–Kier alpha value is -0.720. The zero-order valence-corrected chi connectivity index (χ0v) is 13.1. The van der Waals surface area contributed by atoms with Gasteiger partial charge in [-0.25, -0.2) is 0 Å². The lowest BCUT2D eigenvalue weighted by atomic mass is 10.1. The van der Waals surface area contributed by atoms with Gasteiger partial charge >= 0.3 is 0 Å². The normalized spacial score (nSPS) is 21.3. The van der Waals surface area contributed by atoms with Crippen molar-refractivity contribution in [2.75, 3.05) is 46.8 Å². The van der Waals surface area contributed by atoms with Gasteiger partial charge in [-0.05, 0) is 13.5 Å². The topological polar surface area (TPSA) is 52.8 Å². The highest BCUT2D eigenvalue weighted by molar-refractivity contribution is 7.80. The van der Waals surface area contributed by atoms with Gasteiger partial charge < -0.3 is 15.5 Å². The van der Waals surface area contributed by atoms with Crippen LogP contribution < -0.4 is 5.73 Å². The summed E-state index contributed by atoms with van der Waals surface area (Å²) in [5.74, 6) is 0.149. The van der Waals surface area contributed by atoms with Crippen molar-refractivity contribution in [2.45, 2.75) is 25.8 Å². The van der Waals surface area contributed by atoms with E-state index in [2.05, 4.69) is 23.8 Å². The quantitative estimate of drug-likeness (QED) is 0.704. The van der Waals surface area contributed by atoms with Crippen molar-refractivity contribution < 1.29 is 4.79 Å². The lowest BCUT2D eigenvalue weighted by molar-refractivity contribution is -0.131. The van der Waals surface area contributed by atoms with Crippen molar-refractivity contribution in [3.05, 3.63) is 0 Å². The van der Waals surface area contributed by atoms with E-state index in [1.807, 2.05) is 7.05 Å². The van der Waals surface area contributed by atoms with Gasteiger partial charge in [0.1, 0.15) is 0 Å². The molecule has 0 spiro atoms. The third-order valence-corrected chi connectivity index (χ3v) is 4.01. The van der Waals surface area contributed by atoms with E-state index in [1.165, 1.54) is 0 Å². The summed E-state index contributed by atoms with van der Waals surface area (Å²) in [5.41, 5.74) is 5.45. The number of thiocarbonyl (C=S) groups is 1. The van der Waals surface area contributed by atoms with Gasteiger partial charge in [0.05, 0.1) is 11.5 Å². The molecule has 0 aromatic rings. The summed E-state index contributed by atoms with van der Waals surface area (Å²) in [4.78, 5) is 18.9. The number of carbonyl (C=O) groups excluding carboxylic acids is 1. The Morgan fingerprint density at radius 2 is 2.16 bits per heavy atom. The summed E-state index contributed by atoms with van der Waals surface area (Å²) in [5, 5.41) is 0. The number of rotatable bonds is 6. The first kappa shape index (κ1) is 16.3. The zero-order valence-electron chi connectivity index (χ0n) is 12.3. The molecule has 0 radical (unpaired) electrons. The van der Waals surface area contributed by atoms with Crippen LogP contribution >= 0.6 is 12.2 Å². The number of nitrogens with zero attached hydrogens (tertiary/aromatic N) is 3. The SMILES string of the molecule is CCC1CN(CC(=O)N(C)CCC(N)=S)CCN1C. The Morgan fingerprint density at radius 3 is 2.74 bits per heavy atom. The summed E-state index contributed by atoms with van der Waals surface area (Å²) in [6, 6.07) is 0.559. The van der Waals surface area contributed by atoms with Crippen molar-refractivity contribution in [2.24, 2.45) is 5.73 Å². The van der Waals surface area contributed by atoms with Gasteiger partial charge in [-0.2, -0.15) is 0 Å². The van der Waals surface area contributed by atoms with Crippen LogP contribution in [0.15, 0.2) is 0 Å². The lowest BCUT2D eigenvalue weighted by Gasteiger charge is -2.39. The molecule has 1 rings (SSSR count). The maximum Gasteiger partial charge on any atom is 0.236 e. The van der Waals surface area contributed by atoms with Gasteiger partial charge in [0.25, 0.3) is 0 Å². The molecule has 0 bridgehead atoms. The van der Waals surface area contributed by atoms with Crippen LogP contribution in [0.1, 0.15) is 19.8 Å². The molecule has 0 saturated carbocycles. The third-order valence-electron chi connectivity index (χ3n) is 3.81. The van der Waals surface area contributed by atoms with Crippen molar-refractivity contribution in [1.29, 1.82) is 0 Å². The lowest BCUT2D eigenvalue weighted by Crippen LogP contribution is -2.53. The molecule has 0 aliphatic carbocycles. The highest BCUT2D eigenvalue weighted by atomic mass is 32.1. The maximum atomic E-state index is 12.1. The van der Waals surface area contributed by atoms with E-state index in [9.17, 15) is 4.79 Å². The monoisotopic (exact) mass is 286 g/mol. The molecule has 2 N–H and O–H groups in total. The van der Waals surface area contributed by atoms with Gasteiger partial charge in [0, 0.05) is 45.7 Å². The second-order valence-electron chi connectivity index (χ2n) is 5.31. The fourth-order valence-electron chi connectivity index (χ4n) is 2.31. The van der Waals surface area contributed by atoms with Crippen molar-refractivity contribution in [1.82, 2.24) is 14.7 Å². The molecular formula is C13H26N4OS. The van der Waals surface area contributed by atoms with Crippen LogP contribution in [-0.4, -0.2) is 78.5 Å². The number of carbonyl (C=O) groups is 1. The summed E-state index contributed by atoms with van der Waals surface area (Å²) in [6.07, 6.45) is 1.72. The van der Waals surface area contributed by atoms with Crippen LogP contribution in [0.4, 0.5) is 0 Å². The molecule has 1 aliphatic heterocycles. The first-order valence-corrected chi connectivity index (χ1v) is 7.29. The molecule has 1 heterocycles. The third kappa shape index (κ3) is 5.42. The second kappa shape index (κ2) is 7.77. The number of hydrogen-bond donors (Lipinski definition) is 1. The molecule has 19 heavy (non-hydrogen) atoms.